The highest BCUT2D eigenvalue weighted by molar-refractivity contribution is 9.10. The molecule has 0 bridgehead atoms. The van der Waals surface area contributed by atoms with E-state index < -0.39 is 0 Å². The molecule has 2 aromatic rings. The van der Waals surface area contributed by atoms with Gasteiger partial charge in [0.05, 0.1) is 0 Å². The Bertz CT molecular complexity index is 553. The zero-order valence-corrected chi connectivity index (χ0v) is 9.98. The van der Waals surface area contributed by atoms with Crippen molar-refractivity contribution in [3.8, 4) is 11.8 Å². The third-order valence-corrected chi connectivity index (χ3v) is 3.01. The van der Waals surface area contributed by atoms with Gasteiger partial charge in [0.15, 0.2) is 0 Å². The van der Waals surface area contributed by atoms with Gasteiger partial charge in [-0.15, -0.1) is 0 Å². The highest BCUT2D eigenvalue weighted by Crippen LogP contribution is 2.21. The van der Waals surface area contributed by atoms with Gasteiger partial charge in [0.2, 0.25) is 5.82 Å². The summed E-state index contributed by atoms with van der Waals surface area (Å²) in [6.45, 7) is 0.482. The first-order valence-electron chi connectivity index (χ1n) is 4.68. The molecule has 80 valence electrons. The Morgan fingerprint density at radius 3 is 2.94 bits per heavy atom. The number of rotatable bonds is 2. The number of halogens is 1. The zero-order chi connectivity index (χ0) is 11.5. The Labute approximate surface area is 101 Å². The minimum atomic E-state index is 0.368. The third kappa shape index (κ3) is 1.85. The second-order valence-electron chi connectivity index (χ2n) is 3.21. The lowest BCUT2D eigenvalue weighted by Crippen LogP contribution is -2.00. The Kier molecular flexibility index (Phi) is 3.04. The molecule has 0 atom stereocenters. The van der Waals surface area contributed by atoms with Crippen LogP contribution in [-0.4, -0.2) is 9.55 Å². The molecule has 1 heterocycles. The van der Waals surface area contributed by atoms with E-state index in [1.54, 1.807) is 17.0 Å². The van der Waals surface area contributed by atoms with E-state index in [9.17, 15) is 0 Å². The van der Waals surface area contributed by atoms with E-state index in [2.05, 4.69) is 20.9 Å². The van der Waals surface area contributed by atoms with Crippen LogP contribution in [0.4, 0.5) is 0 Å². The molecule has 1 aromatic carbocycles. The molecule has 0 aliphatic heterocycles. The Morgan fingerprint density at radius 1 is 1.50 bits per heavy atom. The smallest absolute Gasteiger partial charge is 0.217 e. The van der Waals surface area contributed by atoms with Gasteiger partial charge in [-0.05, 0) is 17.7 Å². The Balaban J connectivity index is 2.50. The molecule has 0 aliphatic rings. The predicted octanol–water partition coefficient (Wildman–Crippen LogP) is 1.97. The van der Waals surface area contributed by atoms with E-state index in [1.165, 1.54) is 0 Å². The average molecular weight is 277 g/mol. The van der Waals surface area contributed by atoms with Gasteiger partial charge < -0.3 is 5.73 Å². The van der Waals surface area contributed by atoms with Crippen molar-refractivity contribution in [2.24, 2.45) is 5.73 Å². The summed E-state index contributed by atoms with van der Waals surface area (Å²) in [4.78, 5) is 3.95. The fraction of sp³-hybridized carbons (Fsp3) is 0.0909. The summed E-state index contributed by atoms with van der Waals surface area (Å²) >= 11 is 3.44. The summed E-state index contributed by atoms with van der Waals surface area (Å²) < 4.78 is 2.66. The number of nitrogens with two attached hydrogens (primary N) is 1. The van der Waals surface area contributed by atoms with Crippen molar-refractivity contribution >= 4 is 15.9 Å². The summed E-state index contributed by atoms with van der Waals surface area (Å²) in [6, 6.07) is 7.80. The Morgan fingerprint density at radius 2 is 2.31 bits per heavy atom. The van der Waals surface area contributed by atoms with Crippen LogP contribution >= 0.6 is 15.9 Å². The molecular formula is C11H9BrN4. The molecular weight excluding hydrogens is 268 g/mol. The van der Waals surface area contributed by atoms with Gasteiger partial charge in [0.25, 0.3) is 0 Å². The van der Waals surface area contributed by atoms with E-state index in [0.717, 1.165) is 15.7 Å². The van der Waals surface area contributed by atoms with Crippen LogP contribution < -0.4 is 5.73 Å². The fourth-order valence-corrected chi connectivity index (χ4v) is 1.97. The molecule has 0 amide bonds. The summed E-state index contributed by atoms with van der Waals surface area (Å²) in [7, 11) is 0. The number of hydrogen-bond acceptors (Lipinski definition) is 3. The first-order chi connectivity index (χ1) is 7.76. The predicted molar refractivity (Wildman–Crippen MR) is 63.9 cm³/mol. The molecule has 0 saturated heterocycles. The third-order valence-electron chi connectivity index (χ3n) is 2.28. The van der Waals surface area contributed by atoms with E-state index in [1.807, 2.05) is 24.3 Å². The van der Waals surface area contributed by atoms with Gasteiger partial charge in [0.1, 0.15) is 6.07 Å². The van der Waals surface area contributed by atoms with E-state index in [0.29, 0.717) is 12.4 Å². The lowest BCUT2D eigenvalue weighted by atomic mass is 10.2. The molecule has 4 nitrogen and oxygen atoms in total. The monoisotopic (exact) mass is 276 g/mol. The number of aromatic nitrogens is 2. The van der Waals surface area contributed by atoms with Crippen molar-refractivity contribution in [3.63, 3.8) is 0 Å². The van der Waals surface area contributed by atoms with Crippen molar-refractivity contribution in [1.29, 1.82) is 5.26 Å². The van der Waals surface area contributed by atoms with Crippen molar-refractivity contribution < 1.29 is 0 Å². The van der Waals surface area contributed by atoms with E-state index >= 15 is 0 Å². The van der Waals surface area contributed by atoms with Gasteiger partial charge in [-0.1, -0.05) is 22.0 Å². The summed E-state index contributed by atoms with van der Waals surface area (Å²) in [5.41, 5.74) is 7.49. The van der Waals surface area contributed by atoms with Crippen molar-refractivity contribution in [1.82, 2.24) is 9.55 Å². The number of hydrogen-bond donors (Lipinski definition) is 1. The maximum atomic E-state index is 8.87. The molecule has 0 spiro atoms. The molecule has 0 aliphatic carbocycles. The maximum Gasteiger partial charge on any atom is 0.217 e. The van der Waals surface area contributed by atoms with Crippen LogP contribution in [0, 0.1) is 11.3 Å². The summed E-state index contributed by atoms with van der Waals surface area (Å²) in [6.07, 6.45) is 3.35. The second kappa shape index (κ2) is 4.47. The molecule has 0 unspecified atom stereocenters. The normalized spacial score (nSPS) is 10.1. The minimum absolute atomic E-state index is 0.368. The molecule has 5 heteroatoms. The standard InChI is InChI=1S/C11H9BrN4/c12-10-5-9(2-1-8(10)6-13)16-4-3-15-11(16)7-14/h1-5H,6,13H2. The van der Waals surface area contributed by atoms with Gasteiger partial charge in [-0.2, -0.15) is 5.26 Å². The van der Waals surface area contributed by atoms with Gasteiger partial charge >= 0.3 is 0 Å². The molecule has 2 N–H and O–H groups in total. The van der Waals surface area contributed by atoms with Crippen LogP contribution in [-0.2, 0) is 6.54 Å². The minimum Gasteiger partial charge on any atom is -0.326 e. The molecule has 0 saturated carbocycles. The number of benzene rings is 1. The fourth-order valence-electron chi connectivity index (χ4n) is 1.45. The van der Waals surface area contributed by atoms with Crippen LogP contribution in [0.3, 0.4) is 0 Å². The first-order valence-corrected chi connectivity index (χ1v) is 5.48. The average Bonchev–Trinajstić information content (AvgIpc) is 2.77. The van der Waals surface area contributed by atoms with Crippen molar-refractivity contribution in [2.75, 3.05) is 0 Å². The van der Waals surface area contributed by atoms with Crippen LogP contribution in [0.25, 0.3) is 5.69 Å². The van der Waals surface area contributed by atoms with Crippen molar-refractivity contribution in [2.45, 2.75) is 6.54 Å². The van der Waals surface area contributed by atoms with Crippen LogP contribution in [0.15, 0.2) is 35.1 Å². The quantitative estimate of drug-likeness (QED) is 0.912. The van der Waals surface area contributed by atoms with Gasteiger partial charge in [0, 0.05) is 29.1 Å². The maximum absolute atomic E-state index is 8.87. The molecule has 0 fully saturated rings. The molecule has 16 heavy (non-hydrogen) atoms. The lowest BCUT2D eigenvalue weighted by Gasteiger charge is -2.07. The van der Waals surface area contributed by atoms with Crippen LogP contribution in [0.2, 0.25) is 0 Å². The molecule has 1 aromatic heterocycles. The molecule has 0 radical (unpaired) electrons. The van der Waals surface area contributed by atoms with Crippen LogP contribution in [0.5, 0.6) is 0 Å². The largest absolute Gasteiger partial charge is 0.326 e. The van der Waals surface area contributed by atoms with E-state index in [-0.39, 0.29) is 0 Å². The van der Waals surface area contributed by atoms with Crippen molar-refractivity contribution in [3.05, 3.63) is 46.5 Å². The zero-order valence-electron chi connectivity index (χ0n) is 8.39. The Hall–Kier alpha value is -1.64. The lowest BCUT2D eigenvalue weighted by molar-refractivity contribution is 1.00. The second-order valence-corrected chi connectivity index (χ2v) is 4.07. The van der Waals surface area contributed by atoms with Gasteiger partial charge in [-0.25, -0.2) is 4.98 Å². The highest BCUT2D eigenvalue weighted by Gasteiger charge is 2.05. The first kappa shape index (κ1) is 10.9. The van der Waals surface area contributed by atoms with Gasteiger partial charge in [-0.3, -0.25) is 4.57 Å². The summed E-state index contributed by atoms with van der Waals surface area (Å²) in [5, 5.41) is 8.87. The van der Waals surface area contributed by atoms with E-state index in [4.69, 9.17) is 11.0 Å². The number of nitriles is 1. The topological polar surface area (TPSA) is 67.6 Å². The SMILES string of the molecule is N#Cc1nccn1-c1ccc(CN)c(Br)c1. The summed E-state index contributed by atoms with van der Waals surface area (Å²) in [5.74, 6) is 0.368. The number of imidazole rings is 1. The molecule has 2 rings (SSSR count). The number of nitrogens with zero attached hydrogens (tertiary/aromatic N) is 3. The van der Waals surface area contributed by atoms with Crippen LogP contribution in [0.1, 0.15) is 11.4 Å². The highest BCUT2D eigenvalue weighted by atomic mass is 79.9.